The van der Waals surface area contributed by atoms with E-state index in [0.717, 1.165) is 6.07 Å². The van der Waals surface area contributed by atoms with E-state index in [4.69, 9.17) is 4.74 Å². The molecule has 2 aromatic heterocycles. The highest BCUT2D eigenvalue weighted by Crippen LogP contribution is 2.28. The zero-order chi connectivity index (χ0) is 27.8. The van der Waals surface area contributed by atoms with Gasteiger partial charge in [0.2, 0.25) is 0 Å². The summed E-state index contributed by atoms with van der Waals surface area (Å²) in [4.78, 5) is 41.4. The van der Waals surface area contributed by atoms with Gasteiger partial charge in [-0.25, -0.2) is 18.9 Å². The lowest BCUT2D eigenvalue weighted by Gasteiger charge is -2.10. The number of urea groups is 1. The normalized spacial score (nSPS) is 10.2. The van der Waals surface area contributed by atoms with Crippen molar-refractivity contribution in [1.29, 1.82) is 0 Å². The molecule has 38 heavy (non-hydrogen) atoms. The lowest BCUT2D eigenvalue weighted by molar-refractivity contribution is 0.102. The first-order valence-electron chi connectivity index (χ1n) is 11.9. The van der Waals surface area contributed by atoms with Gasteiger partial charge >= 0.3 is 6.03 Å². The number of rotatable bonds is 6. The number of anilines is 2. The molecule has 0 atom stereocenters. The third kappa shape index (κ3) is 6.06. The molecule has 2 aromatic carbocycles. The number of nitrogens with one attached hydrogen (secondary N) is 3. The molecule has 0 unspecified atom stereocenters. The molecule has 198 valence electrons. The molecule has 0 spiro atoms. The van der Waals surface area contributed by atoms with E-state index in [2.05, 4.69) is 20.9 Å². The second-order valence-corrected chi connectivity index (χ2v) is 7.72. The number of halogens is 1. The van der Waals surface area contributed by atoms with Gasteiger partial charge in [-0.15, -0.1) is 0 Å². The Labute approximate surface area is 219 Å². The summed E-state index contributed by atoms with van der Waals surface area (Å²) in [6, 6.07) is 15.3. The minimum Gasteiger partial charge on any atom is -0.454 e. The molecule has 0 aliphatic heterocycles. The van der Waals surface area contributed by atoms with Crippen LogP contribution in [0.25, 0.3) is 5.69 Å². The van der Waals surface area contributed by atoms with Crippen molar-refractivity contribution in [2.45, 2.75) is 20.8 Å². The minimum absolute atomic E-state index is 0.0463. The van der Waals surface area contributed by atoms with Crippen LogP contribution in [0.1, 0.15) is 29.9 Å². The fraction of sp³-hybridized carbons (Fsp3) is 0.185. The van der Waals surface area contributed by atoms with Gasteiger partial charge in [-0.05, 0) is 37.3 Å². The van der Waals surface area contributed by atoms with E-state index in [1.54, 1.807) is 42.9 Å². The van der Waals surface area contributed by atoms with Crippen molar-refractivity contribution in [2.75, 3.05) is 17.7 Å². The number of para-hydroxylation sites is 1. The van der Waals surface area contributed by atoms with Crippen LogP contribution in [0.15, 0.2) is 71.7 Å². The summed E-state index contributed by atoms with van der Waals surface area (Å²) in [6.45, 7) is 5.66. The Hall–Kier alpha value is -4.93. The van der Waals surface area contributed by atoms with Gasteiger partial charge in [0.15, 0.2) is 11.6 Å². The molecular formula is C27H29FN6O4. The van der Waals surface area contributed by atoms with E-state index in [1.807, 2.05) is 19.9 Å². The quantitative estimate of drug-likeness (QED) is 0.336. The van der Waals surface area contributed by atoms with Gasteiger partial charge in [-0.2, -0.15) is 0 Å². The van der Waals surface area contributed by atoms with Gasteiger partial charge in [0.1, 0.15) is 17.1 Å². The number of pyridine rings is 1. The number of amides is 3. The summed E-state index contributed by atoms with van der Waals surface area (Å²) in [5.41, 5.74) is 0.689. The Morgan fingerprint density at radius 2 is 1.71 bits per heavy atom. The maximum atomic E-state index is 14.8. The van der Waals surface area contributed by atoms with Crippen molar-refractivity contribution in [3.8, 4) is 17.2 Å². The Kier molecular flexibility index (Phi) is 8.99. The average molecular weight is 521 g/mol. The zero-order valence-corrected chi connectivity index (χ0v) is 21.7. The van der Waals surface area contributed by atoms with Crippen LogP contribution < -0.4 is 26.2 Å². The molecule has 0 bridgehead atoms. The molecular weight excluding hydrogens is 491 g/mol. The molecule has 0 saturated heterocycles. The number of nitrogens with zero attached hydrogens (tertiary/aromatic N) is 3. The standard InChI is InChI=1S/C25H23FN6O4.C2H6/c1-15-22(24(34)32(31(15)3)17-7-5-4-6-8-17)23(33)29-16-9-10-20(19(26)13-16)36-18-11-12-28-21(14-18)30-25(35)27-2;1-2/h4-14H,1-3H3,(H,29,33)(H2,27,28,30,35);1-2H3. The van der Waals surface area contributed by atoms with Gasteiger partial charge in [-0.1, -0.05) is 32.0 Å². The highest BCUT2D eigenvalue weighted by molar-refractivity contribution is 6.05. The second kappa shape index (κ2) is 12.3. The topological polar surface area (TPSA) is 119 Å². The van der Waals surface area contributed by atoms with Gasteiger partial charge in [0.25, 0.3) is 11.5 Å². The van der Waals surface area contributed by atoms with Crippen LogP contribution in [0.5, 0.6) is 11.5 Å². The molecule has 10 nitrogen and oxygen atoms in total. The highest BCUT2D eigenvalue weighted by Gasteiger charge is 2.22. The molecule has 0 aliphatic rings. The van der Waals surface area contributed by atoms with E-state index >= 15 is 0 Å². The fourth-order valence-corrected chi connectivity index (χ4v) is 3.53. The molecule has 3 N–H and O–H groups in total. The maximum Gasteiger partial charge on any atom is 0.320 e. The molecule has 4 aromatic rings. The Morgan fingerprint density at radius 3 is 2.37 bits per heavy atom. The van der Waals surface area contributed by atoms with Gasteiger partial charge in [-0.3, -0.25) is 19.6 Å². The van der Waals surface area contributed by atoms with Crippen LogP contribution in [0, 0.1) is 12.7 Å². The van der Waals surface area contributed by atoms with Crippen molar-refractivity contribution >= 4 is 23.4 Å². The fourth-order valence-electron chi connectivity index (χ4n) is 3.53. The monoisotopic (exact) mass is 520 g/mol. The minimum atomic E-state index is -0.739. The lowest BCUT2D eigenvalue weighted by atomic mass is 10.2. The van der Waals surface area contributed by atoms with E-state index in [0.29, 0.717) is 11.4 Å². The Bertz CT molecular complexity index is 1500. The molecule has 0 saturated carbocycles. The summed E-state index contributed by atoms with van der Waals surface area (Å²) in [5, 5.41) is 7.47. The number of hydrogen-bond donors (Lipinski definition) is 3. The van der Waals surface area contributed by atoms with E-state index in [9.17, 15) is 18.8 Å². The molecule has 3 amide bonds. The van der Waals surface area contributed by atoms with Gasteiger partial charge < -0.3 is 15.4 Å². The Balaban J connectivity index is 0.00000195. The van der Waals surface area contributed by atoms with Crippen LogP contribution >= 0.6 is 0 Å². The number of aromatic nitrogens is 3. The molecule has 0 radical (unpaired) electrons. The number of ether oxygens (including phenoxy) is 1. The maximum absolute atomic E-state index is 14.8. The first-order valence-corrected chi connectivity index (χ1v) is 11.9. The highest BCUT2D eigenvalue weighted by atomic mass is 19.1. The second-order valence-electron chi connectivity index (χ2n) is 7.72. The zero-order valence-electron chi connectivity index (χ0n) is 21.7. The number of carbonyl (C=O) groups excluding carboxylic acids is 2. The molecule has 4 rings (SSSR count). The largest absolute Gasteiger partial charge is 0.454 e. The van der Waals surface area contributed by atoms with Gasteiger partial charge in [0, 0.05) is 38.1 Å². The smallest absolute Gasteiger partial charge is 0.320 e. The number of carbonyl (C=O) groups is 2. The van der Waals surface area contributed by atoms with Gasteiger partial charge in [0.05, 0.1) is 11.4 Å². The molecule has 0 fully saturated rings. The van der Waals surface area contributed by atoms with Crippen molar-refractivity contribution < 1.29 is 18.7 Å². The first-order chi connectivity index (χ1) is 18.3. The third-order valence-corrected chi connectivity index (χ3v) is 5.40. The Morgan fingerprint density at radius 1 is 1.00 bits per heavy atom. The van der Waals surface area contributed by atoms with E-state index < -0.39 is 23.3 Å². The lowest BCUT2D eigenvalue weighted by Crippen LogP contribution is -2.25. The summed E-state index contributed by atoms with van der Waals surface area (Å²) in [7, 11) is 3.14. The van der Waals surface area contributed by atoms with Crippen molar-refractivity contribution in [1.82, 2.24) is 19.7 Å². The summed E-state index contributed by atoms with van der Waals surface area (Å²) in [6.07, 6.45) is 1.40. The van der Waals surface area contributed by atoms with Crippen LogP contribution in [0.2, 0.25) is 0 Å². The third-order valence-electron chi connectivity index (χ3n) is 5.40. The van der Waals surface area contributed by atoms with Crippen molar-refractivity contribution in [3.63, 3.8) is 0 Å². The number of benzene rings is 2. The van der Waals surface area contributed by atoms with Crippen molar-refractivity contribution in [3.05, 3.63) is 94.3 Å². The summed E-state index contributed by atoms with van der Waals surface area (Å²) < 4.78 is 23.3. The van der Waals surface area contributed by atoms with Crippen molar-refractivity contribution in [2.24, 2.45) is 7.05 Å². The number of hydrogen-bond acceptors (Lipinski definition) is 5. The van der Waals surface area contributed by atoms with Crippen LogP contribution in [0.3, 0.4) is 0 Å². The average Bonchev–Trinajstić information content (AvgIpc) is 3.15. The summed E-state index contributed by atoms with van der Waals surface area (Å²) in [5.74, 6) is -1.04. The van der Waals surface area contributed by atoms with Crippen LogP contribution in [-0.4, -0.2) is 33.3 Å². The molecule has 11 heteroatoms. The predicted octanol–water partition coefficient (Wildman–Crippen LogP) is 4.84. The van der Waals surface area contributed by atoms with E-state index in [-0.39, 0.29) is 28.6 Å². The predicted molar refractivity (Wildman–Crippen MR) is 144 cm³/mol. The summed E-state index contributed by atoms with van der Waals surface area (Å²) >= 11 is 0. The first kappa shape index (κ1) is 27.7. The SMILES string of the molecule is CC.CNC(=O)Nc1cc(Oc2ccc(NC(=O)c3c(C)n(C)n(-c4ccccc4)c3=O)cc2F)ccn1. The van der Waals surface area contributed by atoms with Crippen LogP contribution in [0.4, 0.5) is 20.7 Å². The van der Waals surface area contributed by atoms with Crippen LogP contribution in [-0.2, 0) is 7.05 Å². The van der Waals surface area contributed by atoms with E-state index in [1.165, 1.54) is 42.2 Å². The molecule has 2 heterocycles. The molecule has 0 aliphatic carbocycles.